The van der Waals surface area contributed by atoms with Gasteiger partial charge in [0.1, 0.15) is 11.5 Å². The van der Waals surface area contributed by atoms with Crippen molar-refractivity contribution in [1.29, 1.82) is 0 Å². The molecule has 1 aromatic rings. The van der Waals surface area contributed by atoms with Crippen LogP contribution in [0.4, 0.5) is 0 Å². The highest BCUT2D eigenvalue weighted by molar-refractivity contribution is 5.97. The molecule has 4 heteroatoms. The first-order valence-electron chi connectivity index (χ1n) is 6.05. The smallest absolute Gasteiger partial charge is 0.255 e. The molecule has 0 aliphatic rings. The highest BCUT2D eigenvalue weighted by atomic mass is 16.5. The monoisotopic (exact) mass is 251 g/mol. The first-order valence-corrected chi connectivity index (χ1v) is 6.05. The summed E-state index contributed by atoms with van der Waals surface area (Å²) in [7, 11) is 1.52. The molecule has 0 saturated heterocycles. The van der Waals surface area contributed by atoms with Crippen molar-refractivity contribution in [3.05, 3.63) is 23.8 Å². The third-order valence-corrected chi connectivity index (χ3v) is 3.13. The van der Waals surface area contributed by atoms with Gasteiger partial charge in [-0.05, 0) is 30.0 Å². The summed E-state index contributed by atoms with van der Waals surface area (Å²) in [6, 6.07) is 4.60. The van der Waals surface area contributed by atoms with Gasteiger partial charge in [-0.1, -0.05) is 20.8 Å². The molecule has 1 amide bonds. The van der Waals surface area contributed by atoms with Gasteiger partial charge in [-0.15, -0.1) is 0 Å². The van der Waals surface area contributed by atoms with Crippen LogP contribution in [0.15, 0.2) is 18.2 Å². The molecular formula is C14H21NO3. The minimum absolute atomic E-state index is 0.0393. The van der Waals surface area contributed by atoms with E-state index in [1.165, 1.54) is 19.2 Å². The number of carbonyl (C=O) groups excluding carboxylic acids is 1. The van der Waals surface area contributed by atoms with Crippen LogP contribution in [0.5, 0.6) is 11.5 Å². The summed E-state index contributed by atoms with van der Waals surface area (Å²) in [5, 5.41) is 12.5. The Kier molecular flexibility index (Phi) is 4.59. The molecule has 0 aliphatic carbocycles. The molecule has 0 aromatic heterocycles. The summed E-state index contributed by atoms with van der Waals surface area (Å²) in [5.74, 6) is 0.225. The minimum atomic E-state index is -0.284. The Hall–Kier alpha value is -1.71. The summed E-state index contributed by atoms with van der Waals surface area (Å²) >= 11 is 0. The number of rotatable bonds is 5. The van der Waals surface area contributed by atoms with Gasteiger partial charge in [-0.25, -0.2) is 0 Å². The Morgan fingerprint density at radius 1 is 1.44 bits per heavy atom. The lowest BCUT2D eigenvalue weighted by Crippen LogP contribution is -2.33. The number of carbonyl (C=O) groups is 1. The van der Waals surface area contributed by atoms with Gasteiger partial charge in [0.25, 0.3) is 5.91 Å². The molecule has 4 nitrogen and oxygen atoms in total. The predicted molar refractivity (Wildman–Crippen MR) is 71.1 cm³/mol. The molecule has 0 bridgehead atoms. The maximum Gasteiger partial charge on any atom is 0.255 e. The molecule has 0 radical (unpaired) electrons. The average molecular weight is 251 g/mol. The fourth-order valence-corrected chi connectivity index (χ4v) is 1.36. The molecule has 0 atom stereocenters. The van der Waals surface area contributed by atoms with Crippen molar-refractivity contribution in [2.45, 2.75) is 27.2 Å². The highest BCUT2D eigenvalue weighted by Gasteiger charge is 2.18. The zero-order chi connectivity index (χ0) is 13.8. The van der Waals surface area contributed by atoms with E-state index in [2.05, 4.69) is 26.1 Å². The second-order valence-corrected chi connectivity index (χ2v) is 5.08. The Morgan fingerprint density at radius 3 is 2.67 bits per heavy atom. The number of nitrogens with one attached hydrogen (secondary N) is 1. The number of phenols is 1. The van der Waals surface area contributed by atoms with Gasteiger partial charge in [0.05, 0.1) is 12.7 Å². The second kappa shape index (κ2) is 5.76. The predicted octanol–water partition coefficient (Wildman–Crippen LogP) is 2.57. The molecule has 0 saturated carbocycles. The van der Waals surface area contributed by atoms with Crippen molar-refractivity contribution >= 4 is 5.91 Å². The van der Waals surface area contributed by atoms with Crippen molar-refractivity contribution in [3.63, 3.8) is 0 Å². The van der Waals surface area contributed by atoms with Crippen molar-refractivity contribution in [1.82, 2.24) is 5.32 Å². The molecule has 100 valence electrons. The second-order valence-electron chi connectivity index (χ2n) is 5.08. The number of hydrogen-bond donors (Lipinski definition) is 2. The number of hydrogen-bond acceptors (Lipinski definition) is 3. The number of ether oxygens (including phenoxy) is 1. The van der Waals surface area contributed by atoms with Gasteiger partial charge >= 0.3 is 0 Å². The molecule has 1 rings (SSSR count). The molecular weight excluding hydrogens is 230 g/mol. The molecule has 0 spiro atoms. The van der Waals surface area contributed by atoms with Gasteiger partial charge < -0.3 is 15.2 Å². The zero-order valence-electron chi connectivity index (χ0n) is 11.4. The summed E-state index contributed by atoms with van der Waals surface area (Å²) in [5.41, 5.74) is 0.283. The van der Waals surface area contributed by atoms with Crippen LogP contribution in [-0.4, -0.2) is 24.7 Å². The van der Waals surface area contributed by atoms with E-state index in [0.717, 1.165) is 6.42 Å². The molecule has 0 fully saturated rings. The number of benzene rings is 1. The van der Waals surface area contributed by atoms with E-state index in [9.17, 15) is 9.90 Å². The lowest BCUT2D eigenvalue weighted by Gasteiger charge is -2.23. The SMILES string of the molecule is CCC(C)(C)CNC(=O)c1cc(OC)ccc1O. The third-order valence-electron chi connectivity index (χ3n) is 3.13. The van der Waals surface area contributed by atoms with Gasteiger partial charge in [-0.2, -0.15) is 0 Å². The van der Waals surface area contributed by atoms with Crippen LogP contribution >= 0.6 is 0 Å². The molecule has 0 unspecified atom stereocenters. The molecule has 1 aromatic carbocycles. The Labute approximate surface area is 108 Å². The lowest BCUT2D eigenvalue weighted by atomic mass is 9.90. The van der Waals surface area contributed by atoms with Crippen LogP contribution in [-0.2, 0) is 0 Å². The summed E-state index contributed by atoms with van der Waals surface area (Å²) < 4.78 is 5.04. The highest BCUT2D eigenvalue weighted by Crippen LogP contribution is 2.23. The number of methoxy groups -OCH3 is 1. The van der Waals surface area contributed by atoms with Crippen LogP contribution in [0.1, 0.15) is 37.6 Å². The Morgan fingerprint density at radius 2 is 2.11 bits per heavy atom. The maximum atomic E-state index is 12.0. The maximum absolute atomic E-state index is 12.0. The zero-order valence-corrected chi connectivity index (χ0v) is 11.4. The minimum Gasteiger partial charge on any atom is -0.507 e. The summed E-state index contributed by atoms with van der Waals surface area (Å²) in [6.45, 7) is 6.81. The molecule has 18 heavy (non-hydrogen) atoms. The lowest BCUT2D eigenvalue weighted by molar-refractivity contribution is 0.0932. The van der Waals surface area contributed by atoms with E-state index >= 15 is 0 Å². The number of phenolic OH excluding ortho intramolecular Hbond substituents is 1. The average Bonchev–Trinajstić information content (AvgIpc) is 2.36. The van der Waals surface area contributed by atoms with Crippen LogP contribution in [0.25, 0.3) is 0 Å². The van der Waals surface area contributed by atoms with Gasteiger partial charge in [0.2, 0.25) is 0 Å². The first-order chi connectivity index (χ1) is 8.39. The molecule has 0 aliphatic heterocycles. The topological polar surface area (TPSA) is 58.6 Å². The summed E-state index contributed by atoms with van der Waals surface area (Å²) in [6.07, 6.45) is 0.970. The van der Waals surface area contributed by atoms with E-state index in [4.69, 9.17) is 4.74 Å². The molecule has 2 N–H and O–H groups in total. The van der Waals surface area contributed by atoms with E-state index in [-0.39, 0.29) is 22.6 Å². The third kappa shape index (κ3) is 3.65. The van der Waals surface area contributed by atoms with Gasteiger partial charge in [0.15, 0.2) is 0 Å². The van der Waals surface area contributed by atoms with Gasteiger partial charge in [-0.3, -0.25) is 4.79 Å². The van der Waals surface area contributed by atoms with E-state index < -0.39 is 0 Å². The quantitative estimate of drug-likeness (QED) is 0.845. The summed E-state index contributed by atoms with van der Waals surface area (Å²) in [4.78, 5) is 12.0. The number of amides is 1. The van der Waals surface area contributed by atoms with Crippen molar-refractivity contribution in [2.75, 3.05) is 13.7 Å². The standard InChI is InChI=1S/C14H21NO3/c1-5-14(2,3)9-15-13(17)11-8-10(18-4)6-7-12(11)16/h6-8,16H,5,9H2,1-4H3,(H,15,17). The van der Waals surface area contributed by atoms with E-state index in [1.807, 2.05) is 0 Å². The largest absolute Gasteiger partial charge is 0.507 e. The van der Waals surface area contributed by atoms with Crippen molar-refractivity contribution in [3.8, 4) is 11.5 Å². The first kappa shape index (κ1) is 14.4. The Balaban J connectivity index is 2.78. The van der Waals surface area contributed by atoms with Crippen LogP contribution in [0, 0.1) is 5.41 Å². The number of aromatic hydroxyl groups is 1. The van der Waals surface area contributed by atoms with Gasteiger partial charge in [0, 0.05) is 6.54 Å². The normalized spacial score (nSPS) is 11.1. The van der Waals surface area contributed by atoms with Crippen molar-refractivity contribution in [2.24, 2.45) is 5.41 Å². The Bertz CT molecular complexity index is 427. The van der Waals surface area contributed by atoms with E-state index in [0.29, 0.717) is 12.3 Å². The van der Waals surface area contributed by atoms with E-state index in [1.54, 1.807) is 6.07 Å². The fraction of sp³-hybridized carbons (Fsp3) is 0.500. The van der Waals surface area contributed by atoms with Crippen LogP contribution < -0.4 is 10.1 Å². The molecule has 0 heterocycles. The van der Waals surface area contributed by atoms with Crippen LogP contribution in [0.2, 0.25) is 0 Å². The fourth-order valence-electron chi connectivity index (χ4n) is 1.36. The van der Waals surface area contributed by atoms with Crippen LogP contribution in [0.3, 0.4) is 0 Å². The van der Waals surface area contributed by atoms with Crippen molar-refractivity contribution < 1.29 is 14.6 Å².